The van der Waals surface area contributed by atoms with Gasteiger partial charge in [0, 0.05) is 5.92 Å². The molecule has 4 rings (SSSR count). The molecule has 0 saturated heterocycles. The SMILES string of the molecule is COc1cccc2c1N[C@@H](c1cccc(Cl)c1Cl)[C@@H]1CC=C[C@H]21. The van der Waals surface area contributed by atoms with E-state index < -0.39 is 0 Å². The third-order valence-electron chi connectivity index (χ3n) is 4.89. The summed E-state index contributed by atoms with van der Waals surface area (Å²) in [4.78, 5) is 0. The molecule has 2 aliphatic rings. The van der Waals surface area contributed by atoms with Crippen LogP contribution in [0.3, 0.4) is 0 Å². The van der Waals surface area contributed by atoms with Gasteiger partial charge in [0.2, 0.25) is 0 Å². The highest BCUT2D eigenvalue weighted by Crippen LogP contribution is 2.53. The largest absolute Gasteiger partial charge is 0.495 e. The summed E-state index contributed by atoms with van der Waals surface area (Å²) in [7, 11) is 1.70. The quantitative estimate of drug-likeness (QED) is 0.691. The third-order valence-corrected chi connectivity index (χ3v) is 5.73. The van der Waals surface area contributed by atoms with Gasteiger partial charge in [-0.05, 0) is 35.6 Å². The van der Waals surface area contributed by atoms with Gasteiger partial charge in [-0.15, -0.1) is 0 Å². The van der Waals surface area contributed by atoms with Crippen molar-refractivity contribution in [3.63, 3.8) is 0 Å². The van der Waals surface area contributed by atoms with E-state index in [-0.39, 0.29) is 6.04 Å². The Labute approximate surface area is 146 Å². The van der Waals surface area contributed by atoms with Crippen molar-refractivity contribution in [3.8, 4) is 5.75 Å². The van der Waals surface area contributed by atoms with E-state index in [1.165, 1.54) is 5.56 Å². The molecule has 0 spiro atoms. The first-order valence-electron chi connectivity index (χ1n) is 7.74. The van der Waals surface area contributed by atoms with Crippen molar-refractivity contribution in [2.45, 2.75) is 18.4 Å². The molecular weight excluding hydrogens is 329 g/mol. The summed E-state index contributed by atoms with van der Waals surface area (Å²) >= 11 is 12.7. The van der Waals surface area contributed by atoms with E-state index in [2.05, 4.69) is 35.7 Å². The number of fused-ring (bicyclic) bond motifs is 3. The first-order chi connectivity index (χ1) is 11.2. The van der Waals surface area contributed by atoms with Crippen molar-refractivity contribution in [1.82, 2.24) is 0 Å². The third kappa shape index (κ3) is 2.32. The molecule has 0 amide bonds. The molecular formula is C19H17Cl2NO. The van der Waals surface area contributed by atoms with Gasteiger partial charge < -0.3 is 10.1 Å². The summed E-state index contributed by atoms with van der Waals surface area (Å²) < 4.78 is 5.55. The molecule has 1 aliphatic heterocycles. The normalized spacial score (nSPS) is 24.7. The predicted octanol–water partition coefficient (Wildman–Crippen LogP) is 5.83. The Morgan fingerprint density at radius 1 is 1.09 bits per heavy atom. The smallest absolute Gasteiger partial charge is 0.142 e. The van der Waals surface area contributed by atoms with Crippen LogP contribution in [0.5, 0.6) is 5.75 Å². The Morgan fingerprint density at radius 3 is 2.70 bits per heavy atom. The van der Waals surface area contributed by atoms with E-state index in [0.717, 1.165) is 23.4 Å². The Morgan fingerprint density at radius 2 is 1.87 bits per heavy atom. The highest BCUT2D eigenvalue weighted by Gasteiger charge is 2.39. The van der Waals surface area contributed by atoms with Crippen molar-refractivity contribution in [1.29, 1.82) is 0 Å². The molecule has 2 nitrogen and oxygen atoms in total. The molecule has 0 radical (unpaired) electrons. The Kier molecular flexibility index (Phi) is 3.74. The molecule has 0 bridgehead atoms. The lowest BCUT2D eigenvalue weighted by Crippen LogP contribution is -2.29. The van der Waals surface area contributed by atoms with Crippen LogP contribution in [0.1, 0.15) is 29.5 Å². The van der Waals surface area contributed by atoms with Crippen molar-refractivity contribution < 1.29 is 4.74 Å². The first kappa shape index (κ1) is 14.9. The zero-order valence-electron chi connectivity index (χ0n) is 12.7. The molecule has 2 aromatic carbocycles. The first-order valence-corrected chi connectivity index (χ1v) is 8.50. The minimum Gasteiger partial charge on any atom is -0.495 e. The molecule has 2 aromatic rings. The minimum absolute atomic E-state index is 0.116. The molecule has 3 atom stereocenters. The lowest BCUT2D eigenvalue weighted by atomic mass is 9.77. The van der Waals surface area contributed by atoms with Crippen molar-refractivity contribution >= 4 is 28.9 Å². The summed E-state index contributed by atoms with van der Waals surface area (Å²) in [5.74, 6) is 1.68. The van der Waals surface area contributed by atoms with Crippen molar-refractivity contribution in [3.05, 3.63) is 69.7 Å². The monoisotopic (exact) mass is 345 g/mol. The van der Waals surface area contributed by atoms with E-state index in [0.29, 0.717) is 21.9 Å². The minimum atomic E-state index is 0.116. The summed E-state index contributed by atoms with van der Waals surface area (Å²) in [6.07, 6.45) is 5.59. The second kappa shape index (κ2) is 5.77. The van der Waals surface area contributed by atoms with Crippen molar-refractivity contribution in [2.24, 2.45) is 5.92 Å². The summed E-state index contributed by atoms with van der Waals surface area (Å²) in [6.45, 7) is 0. The highest BCUT2D eigenvalue weighted by molar-refractivity contribution is 6.42. The molecule has 0 aromatic heterocycles. The number of allylic oxidation sites excluding steroid dienone is 2. The summed E-state index contributed by atoms with van der Waals surface area (Å²) in [6, 6.07) is 12.2. The summed E-state index contributed by atoms with van der Waals surface area (Å²) in [5, 5.41) is 4.90. The van der Waals surface area contributed by atoms with Crippen LogP contribution in [0.4, 0.5) is 5.69 Å². The zero-order chi connectivity index (χ0) is 16.0. The molecule has 4 heteroatoms. The number of halogens is 2. The number of methoxy groups -OCH3 is 1. The fourth-order valence-corrected chi connectivity index (χ4v) is 4.26. The molecule has 1 N–H and O–H groups in total. The standard InChI is InChI=1S/C19H17Cl2NO/c1-23-16-10-4-7-13-11-5-2-6-12(11)18(22-19(13)16)14-8-3-9-15(20)17(14)21/h2-5,7-12,18,22H,6H2,1H3/t11-,12+,18+/m0/s1. The molecule has 0 saturated carbocycles. The van der Waals surface area contributed by atoms with Crippen LogP contribution in [0, 0.1) is 5.92 Å². The maximum Gasteiger partial charge on any atom is 0.142 e. The average molecular weight is 346 g/mol. The van der Waals surface area contributed by atoms with Crippen LogP contribution >= 0.6 is 23.2 Å². The molecule has 1 heterocycles. The lowest BCUT2D eigenvalue weighted by Gasteiger charge is -2.38. The number of rotatable bonds is 2. The van der Waals surface area contributed by atoms with Gasteiger partial charge in [-0.25, -0.2) is 0 Å². The summed E-state index contributed by atoms with van der Waals surface area (Å²) in [5.41, 5.74) is 3.40. The second-order valence-electron chi connectivity index (χ2n) is 6.04. The Bertz CT molecular complexity index is 787. The molecule has 118 valence electrons. The zero-order valence-corrected chi connectivity index (χ0v) is 14.2. The van der Waals surface area contributed by atoms with E-state index in [4.69, 9.17) is 27.9 Å². The van der Waals surface area contributed by atoms with Gasteiger partial charge in [0.25, 0.3) is 0 Å². The van der Waals surface area contributed by atoms with E-state index >= 15 is 0 Å². The molecule has 0 fully saturated rings. The predicted molar refractivity (Wildman–Crippen MR) is 95.8 cm³/mol. The van der Waals surface area contributed by atoms with Gasteiger partial charge >= 0.3 is 0 Å². The Balaban J connectivity index is 1.85. The van der Waals surface area contributed by atoms with Gasteiger partial charge in [-0.3, -0.25) is 0 Å². The number of para-hydroxylation sites is 1. The maximum absolute atomic E-state index is 6.49. The van der Waals surface area contributed by atoms with Gasteiger partial charge in [-0.1, -0.05) is 59.6 Å². The number of anilines is 1. The number of ether oxygens (including phenoxy) is 1. The van der Waals surface area contributed by atoms with Crippen LogP contribution in [-0.2, 0) is 0 Å². The molecule has 1 aliphatic carbocycles. The molecule has 0 unspecified atom stereocenters. The second-order valence-corrected chi connectivity index (χ2v) is 6.83. The fraction of sp³-hybridized carbons (Fsp3) is 0.263. The van der Waals surface area contributed by atoms with Crippen LogP contribution < -0.4 is 10.1 Å². The van der Waals surface area contributed by atoms with E-state index in [1.54, 1.807) is 7.11 Å². The number of nitrogens with one attached hydrogen (secondary N) is 1. The van der Waals surface area contributed by atoms with Crippen LogP contribution in [0.2, 0.25) is 10.0 Å². The van der Waals surface area contributed by atoms with Crippen LogP contribution in [0.15, 0.2) is 48.6 Å². The van der Waals surface area contributed by atoms with Gasteiger partial charge in [0.05, 0.1) is 28.9 Å². The van der Waals surface area contributed by atoms with E-state index in [1.807, 2.05) is 18.2 Å². The average Bonchev–Trinajstić information content (AvgIpc) is 3.06. The van der Waals surface area contributed by atoms with Crippen molar-refractivity contribution in [2.75, 3.05) is 12.4 Å². The van der Waals surface area contributed by atoms with Crippen LogP contribution in [-0.4, -0.2) is 7.11 Å². The lowest BCUT2D eigenvalue weighted by molar-refractivity contribution is 0.397. The van der Waals surface area contributed by atoms with Gasteiger partial charge in [-0.2, -0.15) is 0 Å². The Hall–Kier alpha value is -1.64. The number of benzene rings is 2. The fourth-order valence-electron chi connectivity index (χ4n) is 3.83. The number of hydrogen-bond donors (Lipinski definition) is 1. The van der Waals surface area contributed by atoms with Crippen LogP contribution in [0.25, 0.3) is 0 Å². The molecule has 23 heavy (non-hydrogen) atoms. The van der Waals surface area contributed by atoms with E-state index in [9.17, 15) is 0 Å². The topological polar surface area (TPSA) is 21.3 Å². The van der Waals surface area contributed by atoms with Gasteiger partial charge in [0.15, 0.2) is 0 Å². The highest BCUT2D eigenvalue weighted by atomic mass is 35.5. The van der Waals surface area contributed by atoms with Gasteiger partial charge in [0.1, 0.15) is 5.75 Å². The maximum atomic E-state index is 6.49. The number of hydrogen-bond acceptors (Lipinski definition) is 2.